The highest BCUT2D eigenvalue weighted by Crippen LogP contribution is 2.25. The number of aromatic nitrogens is 4. The van der Waals surface area contributed by atoms with Gasteiger partial charge >= 0.3 is 5.95 Å². The van der Waals surface area contributed by atoms with Gasteiger partial charge in [-0.1, -0.05) is 17.1 Å². The molecule has 1 aliphatic rings. The smallest absolute Gasteiger partial charge is 0.360 e. The molecule has 3 N–H and O–H groups in total. The summed E-state index contributed by atoms with van der Waals surface area (Å²) in [6.07, 6.45) is 1.61. The van der Waals surface area contributed by atoms with Crippen molar-refractivity contribution in [3.05, 3.63) is 70.4 Å². The molecule has 33 heavy (non-hydrogen) atoms. The van der Waals surface area contributed by atoms with Gasteiger partial charge in [-0.25, -0.2) is 24.1 Å². The summed E-state index contributed by atoms with van der Waals surface area (Å²) >= 11 is 0. The average molecular weight is 450 g/mol. The van der Waals surface area contributed by atoms with Gasteiger partial charge in [-0.15, -0.1) is 0 Å². The number of quaternary nitrogens is 1. The Labute approximate surface area is 190 Å². The Bertz CT molecular complexity index is 1390. The van der Waals surface area contributed by atoms with Crippen LogP contribution in [0.25, 0.3) is 16.7 Å². The van der Waals surface area contributed by atoms with Crippen molar-refractivity contribution < 1.29 is 14.3 Å². The summed E-state index contributed by atoms with van der Waals surface area (Å²) in [6, 6.07) is 12.5. The lowest BCUT2D eigenvalue weighted by Gasteiger charge is -2.32. The number of fused-ring (bicyclic) bond motifs is 1. The van der Waals surface area contributed by atoms with E-state index in [2.05, 4.69) is 46.3 Å². The Balaban J connectivity index is 1.44. The molecule has 9 heteroatoms. The quantitative estimate of drug-likeness (QED) is 0.489. The van der Waals surface area contributed by atoms with Crippen LogP contribution in [0.5, 0.6) is 0 Å². The van der Waals surface area contributed by atoms with Crippen molar-refractivity contribution in [1.82, 2.24) is 14.3 Å². The van der Waals surface area contributed by atoms with Crippen LogP contribution < -0.4 is 25.7 Å². The predicted molar refractivity (Wildman–Crippen MR) is 126 cm³/mol. The number of hydrogen-bond donors (Lipinski definition) is 2. The molecule has 3 heterocycles. The zero-order valence-corrected chi connectivity index (χ0v) is 19.0. The van der Waals surface area contributed by atoms with Crippen molar-refractivity contribution in [1.29, 1.82) is 0 Å². The molecule has 2 aromatic heterocycles. The van der Waals surface area contributed by atoms with Crippen molar-refractivity contribution in [2.45, 2.75) is 6.92 Å². The number of nitrogens with one attached hydrogen (secondary N) is 3. The van der Waals surface area contributed by atoms with Crippen LogP contribution in [0.3, 0.4) is 0 Å². The van der Waals surface area contributed by atoms with E-state index in [0.717, 1.165) is 31.9 Å². The number of para-hydroxylation sites is 1. The van der Waals surface area contributed by atoms with Crippen LogP contribution in [0.15, 0.2) is 53.5 Å². The SMILES string of the molecule is Cc1cc(Nc2nc3c(c[nH+]2)c(=O)n(-c2ccccc2F)n3C)ccc1N1CC[NH+](C)CC1. The molecule has 5 rings (SSSR count). The highest BCUT2D eigenvalue weighted by molar-refractivity contribution is 5.75. The molecule has 8 nitrogen and oxygen atoms in total. The van der Waals surface area contributed by atoms with E-state index in [-0.39, 0.29) is 11.2 Å². The van der Waals surface area contributed by atoms with E-state index in [1.54, 1.807) is 41.0 Å². The maximum Gasteiger partial charge on any atom is 0.396 e. The van der Waals surface area contributed by atoms with Crippen LogP contribution in [0.4, 0.5) is 21.7 Å². The molecule has 0 atom stereocenters. The molecular weight excluding hydrogens is 421 g/mol. The molecule has 1 saturated heterocycles. The Kier molecular flexibility index (Phi) is 5.33. The first-order valence-corrected chi connectivity index (χ1v) is 11.1. The number of halogens is 1. The van der Waals surface area contributed by atoms with Crippen LogP contribution >= 0.6 is 0 Å². The highest BCUT2D eigenvalue weighted by Gasteiger charge is 2.22. The van der Waals surface area contributed by atoms with Crippen LogP contribution in [0, 0.1) is 12.7 Å². The molecule has 0 aliphatic carbocycles. The van der Waals surface area contributed by atoms with E-state index in [1.165, 1.54) is 22.0 Å². The number of aryl methyl sites for hydroxylation is 2. The predicted octanol–water partition coefficient (Wildman–Crippen LogP) is 1.06. The van der Waals surface area contributed by atoms with Gasteiger partial charge in [0.1, 0.15) is 16.9 Å². The number of nitrogens with zero attached hydrogens (tertiary/aromatic N) is 4. The van der Waals surface area contributed by atoms with Crippen LogP contribution in [0.2, 0.25) is 0 Å². The second kappa shape index (κ2) is 8.32. The molecule has 1 fully saturated rings. The summed E-state index contributed by atoms with van der Waals surface area (Å²) in [5.74, 6) is 0.0317. The minimum absolute atomic E-state index is 0.189. The maximum absolute atomic E-state index is 14.3. The van der Waals surface area contributed by atoms with Gasteiger partial charge in [0.05, 0.1) is 45.1 Å². The third-order valence-electron chi connectivity index (χ3n) is 6.34. The summed E-state index contributed by atoms with van der Waals surface area (Å²) in [4.78, 5) is 24.6. The van der Waals surface area contributed by atoms with Gasteiger partial charge in [-0.05, 0) is 42.8 Å². The molecule has 0 bridgehead atoms. The second-order valence-electron chi connectivity index (χ2n) is 8.65. The molecular formula is C24H28FN7O+2. The van der Waals surface area contributed by atoms with Crippen molar-refractivity contribution >= 4 is 28.4 Å². The molecule has 0 radical (unpaired) electrons. The Hall–Kier alpha value is -3.72. The summed E-state index contributed by atoms with van der Waals surface area (Å²) in [6.45, 7) is 6.51. The first kappa shape index (κ1) is 21.1. The molecule has 0 amide bonds. The van der Waals surface area contributed by atoms with E-state index in [9.17, 15) is 9.18 Å². The fourth-order valence-electron chi connectivity index (χ4n) is 4.47. The van der Waals surface area contributed by atoms with Gasteiger partial charge < -0.3 is 9.80 Å². The number of H-pyrrole nitrogens is 1. The van der Waals surface area contributed by atoms with Gasteiger partial charge in [-0.3, -0.25) is 4.79 Å². The van der Waals surface area contributed by atoms with Crippen LogP contribution in [-0.2, 0) is 7.05 Å². The summed E-state index contributed by atoms with van der Waals surface area (Å²) < 4.78 is 17.2. The van der Waals surface area contributed by atoms with Crippen molar-refractivity contribution in [2.24, 2.45) is 7.05 Å². The number of hydrogen-bond acceptors (Lipinski definition) is 4. The topological polar surface area (TPSA) is 73.7 Å². The molecule has 4 aromatic rings. The molecule has 2 aromatic carbocycles. The third-order valence-corrected chi connectivity index (χ3v) is 6.34. The maximum atomic E-state index is 14.3. The van der Waals surface area contributed by atoms with Gasteiger partial charge in [0.25, 0.3) is 5.56 Å². The summed E-state index contributed by atoms with van der Waals surface area (Å²) in [5, 5.41) is 3.68. The van der Waals surface area contributed by atoms with Crippen molar-refractivity contribution in [2.75, 3.05) is 43.4 Å². The molecule has 170 valence electrons. The Morgan fingerprint density at radius 3 is 2.61 bits per heavy atom. The van der Waals surface area contributed by atoms with E-state index in [4.69, 9.17) is 0 Å². The number of aromatic amines is 1. The number of likely N-dealkylation sites (N-methyl/N-ethyl adjacent to an activating group) is 1. The largest absolute Gasteiger partial charge is 0.396 e. The first-order valence-electron chi connectivity index (χ1n) is 11.1. The fraction of sp³-hybridized carbons (Fsp3) is 0.292. The normalized spacial score (nSPS) is 14.7. The first-order chi connectivity index (χ1) is 15.9. The Morgan fingerprint density at radius 2 is 1.88 bits per heavy atom. The average Bonchev–Trinajstić information content (AvgIpc) is 3.05. The van der Waals surface area contributed by atoms with E-state index < -0.39 is 5.82 Å². The van der Waals surface area contributed by atoms with E-state index >= 15 is 0 Å². The fourth-order valence-corrected chi connectivity index (χ4v) is 4.47. The van der Waals surface area contributed by atoms with Gasteiger partial charge in [0, 0.05) is 12.7 Å². The molecule has 1 aliphatic heterocycles. The minimum Gasteiger partial charge on any atom is -0.360 e. The zero-order chi connectivity index (χ0) is 23.1. The lowest BCUT2D eigenvalue weighted by molar-refractivity contribution is -0.880. The third kappa shape index (κ3) is 3.84. The van der Waals surface area contributed by atoms with Gasteiger partial charge in [0.15, 0.2) is 0 Å². The number of rotatable bonds is 4. The minimum atomic E-state index is -0.467. The zero-order valence-electron chi connectivity index (χ0n) is 19.0. The lowest BCUT2D eigenvalue weighted by Crippen LogP contribution is -3.12. The van der Waals surface area contributed by atoms with Crippen LogP contribution in [0.1, 0.15) is 5.56 Å². The van der Waals surface area contributed by atoms with E-state index in [1.807, 2.05) is 6.07 Å². The summed E-state index contributed by atoms with van der Waals surface area (Å²) in [5.41, 5.74) is 3.66. The molecule has 0 spiro atoms. The van der Waals surface area contributed by atoms with Crippen molar-refractivity contribution in [3.63, 3.8) is 0 Å². The number of piperazine rings is 1. The Morgan fingerprint density at radius 1 is 1.12 bits per heavy atom. The molecule has 0 saturated carbocycles. The molecule has 0 unspecified atom stereocenters. The number of anilines is 3. The number of benzene rings is 2. The standard InChI is InChI=1S/C24H26FN7O/c1-16-14-17(8-9-20(16)31-12-10-29(2)11-13-31)27-24-26-15-18-22(28-24)30(3)32(23(18)33)21-7-5-4-6-19(21)25/h4-9,14-15H,10-13H2,1-3H3,(H,26,27,28)/p+2. The summed E-state index contributed by atoms with van der Waals surface area (Å²) in [7, 11) is 3.93. The highest BCUT2D eigenvalue weighted by atomic mass is 19.1. The monoisotopic (exact) mass is 449 g/mol. The van der Waals surface area contributed by atoms with Gasteiger partial charge in [0.2, 0.25) is 5.65 Å². The lowest BCUT2D eigenvalue weighted by atomic mass is 10.1. The van der Waals surface area contributed by atoms with E-state index in [0.29, 0.717) is 17.0 Å². The van der Waals surface area contributed by atoms with Crippen LogP contribution in [-0.4, -0.2) is 47.6 Å². The van der Waals surface area contributed by atoms with Crippen molar-refractivity contribution in [3.8, 4) is 5.69 Å². The second-order valence-corrected chi connectivity index (χ2v) is 8.65. The van der Waals surface area contributed by atoms with Gasteiger partial charge in [-0.2, -0.15) is 0 Å².